The number of likely N-dealkylation sites (N-methyl/N-ethyl adjacent to an activating group) is 1. The molecule has 1 heterocycles. The van der Waals surface area contributed by atoms with Crippen LogP contribution in [0.4, 0.5) is 0 Å². The summed E-state index contributed by atoms with van der Waals surface area (Å²) in [7, 11) is 3.89. The minimum Gasteiger partial charge on any atom is -0.464 e. The van der Waals surface area contributed by atoms with Crippen molar-refractivity contribution in [2.24, 2.45) is 5.92 Å². The summed E-state index contributed by atoms with van der Waals surface area (Å²) in [5, 5.41) is 0. The van der Waals surface area contributed by atoms with Crippen LogP contribution in [-0.2, 0) is 14.3 Å². The van der Waals surface area contributed by atoms with Gasteiger partial charge in [-0.1, -0.05) is 13.0 Å². The minimum atomic E-state index is -0.174. The Labute approximate surface area is 127 Å². The SMILES string of the molecule is CC=C(CC(CC)C(=O)OCCN(C)C)N1CCCC1=O. The molecule has 1 aliphatic heterocycles. The van der Waals surface area contributed by atoms with Gasteiger partial charge in [-0.05, 0) is 33.9 Å². The molecule has 0 aromatic rings. The molecule has 0 radical (unpaired) electrons. The summed E-state index contributed by atoms with van der Waals surface area (Å²) in [6.07, 6.45) is 4.76. The molecule has 1 amide bonds. The number of amides is 1. The van der Waals surface area contributed by atoms with Gasteiger partial charge >= 0.3 is 5.97 Å². The maximum Gasteiger partial charge on any atom is 0.309 e. The maximum atomic E-state index is 12.1. The van der Waals surface area contributed by atoms with Crippen LogP contribution in [0.1, 0.15) is 39.5 Å². The summed E-state index contributed by atoms with van der Waals surface area (Å²) >= 11 is 0. The van der Waals surface area contributed by atoms with E-state index in [0.29, 0.717) is 19.4 Å². The molecule has 1 aliphatic rings. The maximum absolute atomic E-state index is 12.1. The summed E-state index contributed by atoms with van der Waals surface area (Å²) in [5.41, 5.74) is 0.953. The summed E-state index contributed by atoms with van der Waals surface area (Å²) in [6.45, 7) is 5.81. The van der Waals surface area contributed by atoms with Crippen LogP contribution in [0.5, 0.6) is 0 Å². The standard InChI is InChI=1S/C16H28N2O3/c1-5-13(16(20)21-11-10-17(3)4)12-14(6-2)18-9-7-8-15(18)19/h6,13H,5,7-12H2,1-4H3. The highest BCUT2D eigenvalue weighted by atomic mass is 16.5. The fourth-order valence-corrected chi connectivity index (χ4v) is 2.43. The highest BCUT2D eigenvalue weighted by molar-refractivity contribution is 5.80. The van der Waals surface area contributed by atoms with Crippen molar-refractivity contribution in [2.75, 3.05) is 33.8 Å². The summed E-state index contributed by atoms with van der Waals surface area (Å²) in [4.78, 5) is 27.8. The van der Waals surface area contributed by atoms with Gasteiger partial charge in [-0.3, -0.25) is 9.59 Å². The van der Waals surface area contributed by atoms with E-state index in [1.165, 1.54) is 0 Å². The number of carbonyl (C=O) groups is 2. The first kappa shape index (κ1) is 17.7. The summed E-state index contributed by atoms with van der Waals surface area (Å²) in [6, 6.07) is 0. The molecule has 1 unspecified atom stereocenters. The Balaban J connectivity index is 2.55. The average Bonchev–Trinajstić information content (AvgIpc) is 2.86. The Bertz CT molecular complexity index is 391. The third-order valence-electron chi connectivity index (χ3n) is 3.82. The lowest BCUT2D eigenvalue weighted by Crippen LogP contribution is -2.28. The molecule has 21 heavy (non-hydrogen) atoms. The van der Waals surface area contributed by atoms with Crippen molar-refractivity contribution in [3.8, 4) is 0 Å². The van der Waals surface area contributed by atoms with Crippen molar-refractivity contribution in [3.63, 3.8) is 0 Å². The van der Waals surface area contributed by atoms with Gasteiger partial charge in [0.05, 0.1) is 5.92 Å². The van der Waals surface area contributed by atoms with Crippen molar-refractivity contribution >= 4 is 11.9 Å². The van der Waals surface area contributed by atoms with Gasteiger partial charge < -0.3 is 14.5 Å². The van der Waals surface area contributed by atoms with Gasteiger partial charge in [0.15, 0.2) is 0 Å². The quantitative estimate of drug-likeness (QED) is 0.643. The number of rotatable bonds is 8. The summed E-state index contributed by atoms with van der Waals surface area (Å²) in [5.74, 6) is -0.170. The van der Waals surface area contributed by atoms with Crippen molar-refractivity contribution in [1.82, 2.24) is 9.80 Å². The molecular formula is C16H28N2O3. The molecule has 1 atom stereocenters. The zero-order valence-corrected chi connectivity index (χ0v) is 13.7. The highest BCUT2D eigenvalue weighted by Crippen LogP contribution is 2.24. The van der Waals surface area contributed by atoms with Crippen molar-refractivity contribution < 1.29 is 14.3 Å². The smallest absolute Gasteiger partial charge is 0.309 e. The Morgan fingerprint density at radius 1 is 1.48 bits per heavy atom. The molecule has 0 saturated carbocycles. The average molecular weight is 296 g/mol. The van der Waals surface area contributed by atoms with E-state index in [1.807, 2.05) is 43.8 Å². The van der Waals surface area contributed by atoms with Crippen LogP contribution in [-0.4, -0.2) is 55.5 Å². The van der Waals surface area contributed by atoms with E-state index in [9.17, 15) is 9.59 Å². The number of nitrogens with zero attached hydrogens (tertiary/aromatic N) is 2. The lowest BCUT2D eigenvalue weighted by molar-refractivity contribution is -0.149. The monoisotopic (exact) mass is 296 g/mol. The fourth-order valence-electron chi connectivity index (χ4n) is 2.43. The molecule has 0 aromatic heterocycles. The second-order valence-electron chi connectivity index (χ2n) is 5.71. The first-order valence-corrected chi connectivity index (χ1v) is 7.76. The van der Waals surface area contributed by atoms with E-state index in [-0.39, 0.29) is 17.8 Å². The molecule has 1 rings (SSSR count). The fraction of sp³-hybridized carbons (Fsp3) is 0.750. The molecule has 0 aromatic carbocycles. The summed E-state index contributed by atoms with van der Waals surface area (Å²) < 4.78 is 5.33. The van der Waals surface area contributed by atoms with Crippen LogP contribution in [0.3, 0.4) is 0 Å². The van der Waals surface area contributed by atoms with E-state index < -0.39 is 0 Å². The molecule has 5 heteroatoms. The second kappa shape index (κ2) is 8.82. The van der Waals surface area contributed by atoms with E-state index >= 15 is 0 Å². The van der Waals surface area contributed by atoms with Gasteiger partial charge in [0.25, 0.3) is 0 Å². The molecule has 0 aliphatic carbocycles. The van der Waals surface area contributed by atoms with Gasteiger partial charge in [-0.2, -0.15) is 0 Å². The van der Waals surface area contributed by atoms with E-state index in [4.69, 9.17) is 4.74 Å². The molecule has 1 fully saturated rings. The van der Waals surface area contributed by atoms with Gasteiger partial charge in [0, 0.05) is 31.6 Å². The number of ether oxygens (including phenoxy) is 1. The number of likely N-dealkylation sites (tertiary alicyclic amines) is 1. The topological polar surface area (TPSA) is 49.9 Å². The largest absolute Gasteiger partial charge is 0.464 e. The van der Waals surface area contributed by atoms with Crippen molar-refractivity contribution in [2.45, 2.75) is 39.5 Å². The van der Waals surface area contributed by atoms with Crippen LogP contribution in [0.25, 0.3) is 0 Å². The van der Waals surface area contributed by atoms with Crippen LogP contribution in [0, 0.1) is 5.92 Å². The predicted octanol–water partition coefficient (Wildman–Crippen LogP) is 2.03. The van der Waals surface area contributed by atoms with E-state index in [2.05, 4.69) is 0 Å². The van der Waals surface area contributed by atoms with Gasteiger partial charge in [-0.25, -0.2) is 0 Å². The Morgan fingerprint density at radius 2 is 2.19 bits per heavy atom. The second-order valence-corrected chi connectivity index (χ2v) is 5.71. The van der Waals surface area contributed by atoms with E-state index in [0.717, 1.165) is 31.6 Å². The molecule has 0 spiro atoms. The first-order valence-electron chi connectivity index (χ1n) is 7.76. The molecule has 0 N–H and O–H groups in total. The molecule has 120 valence electrons. The Morgan fingerprint density at radius 3 is 2.67 bits per heavy atom. The van der Waals surface area contributed by atoms with Crippen LogP contribution in [0.15, 0.2) is 11.8 Å². The zero-order chi connectivity index (χ0) is 15.8. The normalized spacial score (nSPS) is 17.5. The Hall–Kier alpha value is -1.36. The minimum absolute atomic E-state index is 0.162. The van der Waals surface area contributed by atoms with Gasteiger partial charge in [-0.15, -0.1) is 0 Å². The van der Waals surface area contributed by atoms with Crippen molar-refractivity contribution in [1.29, 1.82) is 0 Å². The third kappa shape index (κ3) is 5.50. The number of esters is 1. The third-order valence-corrected chi connectivity index (χ3v) is 3.82. The van der Waals surface area contributed by atoms with Gasteiger partial charge in [0.1, 0.15) is 6.61 Å². The molecule has 0 bridgehead atoms. The molecule has 5 nitrogen and oxygen atoms in total. The molecular weight excluding hydrogens is 268 g/mol. The number of carbonyl (C=O) groups excluding carboxylic acids is 2. The number of allylic oxidation sites excluding steroid dienone is 2. The lowest BCUT2D eigenvalue weighted by atomic mass is 9.99. The zero-order valence-electron chi connectivity index (χ0n) is 13.7. The van der Waals surface area contributed by atoms with Crippen molar-refractivity contribution in [3.05, 3.63) is 11.8 Å². The Kier molecular flexibility index (Phi) is 7.43. The number of hydrogen-bond donors (Lipinski definition) is 0. The predicted molar refractivity (Wildman–Crippen MR) is 82.6 cm³/mol. The van der Waals surface area contributed by atoms with Crippen LogP contribution >= 0.6 is 0 Å². The van der Waals surface area contributed by atoms with E-state index in [1.54, 1.807) is 0 Å². The van der Waals surface area contributed by atoms with Gasteiger partial charge in [0.2, 0.25) is 5.91 Å². The highest BCUT2D eigenvalue weighted by Gasteiger charge is 2.27. The first-order chi connectivity index (χ1) is 9.99. The molecule has 1 saturated heterocycles. The van der Waals surface area contributed by atoms with Crippen LogP contribution < -0.4 is 0 Å². The number of hydrogen-bond acceptors (Lipinski definition) is 4. The van der Waals surface area contributed by atoms with Crippen LogP contribution in [0.2, 0.25) is 0 Å². The lowest BCUT2D eigenvalue weighted by Gasteiger charge is -2.23.